The molecule has 1 atom stereocenters. The van der Waals surface area contributed by atoms with Gasteiger partial charge in [-0.1, -0.05) is 94.3 Å². The number of hydrogen-bond donors (Lipinski definition) is 0. The first-order chi connectivity index (χ1) is 14.8. The molecule has 0 heteroatoms. The zero-order valence-corrected chi connectivity index (χ0v) is 21.4. The van der Waals surface area contributed by atoms with Gasteiger partial charge in [-0.15, -0.1) is 0 Å². The molecule has 166 valence electrons. The van der Waals surface area contributed by atoms with Crippen LogP contribution in [-0.4, -0.2) is 0 Å². The van der Waals surface area contributed by atoms with Crippen molar-refractivity contribution in [2.45, 2.75) is 69.2 Å². The molecular formula is C31H42. The van der Waals surface area contributed by atoms with Gasteiger partial charge in [0.15, 0.2) is 0 Å². The summed E-state index contributed by atoms with van der Waals surface area (Å²) in [5, 5.41) is 5.23. The predicted molar refractivity (Wildman–Crippen MR) is 145 cm³/mol. The minimum atomic E-state index is 0.410. The Hall–Kier alpha value is -2.60. The Morgan fingerprint density at radius 2 is 1.23 bits per heavy atom. The molecule has 0 heterocycles. The van der Waals surface area contributed by atoms with Crippen LogP contribution in [-0.2, 0) is 0 Å². The molecule has 3 aromatic rings. The van der Waals surface area contributed by atoms with E-state index in [2.05, 4.69) is 108 Å². The monoisotopic (exact) mass is 414 g/mol. The lowest BCUT2D eigenvalue weighted by molar-refractivity contribution is 0.930. The Labute approximate surface area is 191 Å². The van der Waals surface area contributed by atoms with Crippen molar-refractivity contribution in [3.63, 3.8) is 0 Å². The van der Waals surface area contributed by atoms with Gasteiger partial charge in [-0.25, -0.2) is 0 Å². The summed E-state index contributed by atoms with van der Waals surface area (Å²) in [7, 11) is 0. The van der Waals surface area contributed by atoms with E-state index in [1.807, 2.05) is 27.7 Å². The van der Waals surface area contributed by atoms with Crippen LogP contribution in [0.15, 0.2) is 77.9 Å². The van der Waals surface area contributed by atoms with E-state index in [1.165, 1.54) is 49.4 Å². The van der Waals surface area contributed by atoms with Crippen LogP contribution in [0.25, 0.3) is 27.1 Å². The zero-order valence-electron chi connectivity index (χ0n) is 21.4. The lowest BCUT2D eigenvalue weighted by Gasteiger charge is -2.12. The Balaban J connectivity index is 0.00000113. The highest BCUT2D eigenvalue weighted by molar-refractivity contribution is 5.99. The lowest BCUT2D eigenvalue weighted by Crippen LogP contribution is -1.92. The molecule has 3 aromatic carbocycles. The fourth-order valence-corrected chi connectivity index (χ4v) is 3.98. The van der Waals surface area contributed by atoms with Crippen LogP contribution in [0.4, 0.5) is 0 Å². The molecule has 0 aliphatic rings. The van der Waals surface area contributed by atoms with E-state index in [9.17, 15) is 0 Å². The van der Waals surface area contributed by atoms with E-state index in [-0.39, 0.29) is 0 Å². The molecular weight excluding hydrogens is 372 g/mol. The van der Waals surface area contributed by atoms with E-state index in [0.717, 1.165) is 0 Å². The van der Waals surface area contributed by atoms with E-state index in [1.54, 1.807) is 0 Å². The molecule has 0 aliphatic carbocycles. The third-order valence-electron chi connectivity index (χ3n) is 5.03. The molecule has 0 saturated heterocycles. The van der Waals surface area contributed by atoms with Crippen molar-refractivity contribution < 1.29 is 0 Å². The van der Waals surface area contributed by atoms with Gasteiger partial charge in [0.05, 0.1) is 0 Å². The molecule has 0 bridgehead atoms. The van der Waals surface area contributed by atoms with Gasteiger partial charge < -0.3 is 0 Å². The Bertz CT molecular complexity index is 1070. The van der Waals surface area contributed by atoms with Crippen LogP contribution >= 0.6 is 0 Å². The largest absolute Gasteiger partial charge is 0.0762 e. The summed E-state index contributed by atoms with van der Waals surface area (Å²) in [6.45, 7) is 21.2. The highest BCUT2D eigenvalue weighted by Gasteiger charge is 2.06. The van der Waals surface area contributed by atoms with Gasteiger partial charge in [-0.05, 0) is 97.0 Å². The summed E-state index contributed by atoms with van der Waals surface area (Å²) in [5.74, 6) is 0.410. The first-order valence-electron chi connectivity index (χ1n) is 11.8. The first-order valence-corrected chi connectivity index (χ1v) is 11.8. The zero-order chi connectivity index (χ0) is 23.6. The molecule has 0 saturated carbocycles. The number of fused-ring (bicyclic) bond motifs is 2. The summed E-state index contributed by atoms with van der Waals surface area (Å²) >= 11 is 0. The van der Waals surface area contributed by atoms with Crippen LogP contribution in [0.2, 0.25) is 0 Å². The highest BCUT2D eigenvalue weighted by atomic mass is 14.1. The van der Waals surface area contributed by atoms with Gasteiger partial charge in [0.2, 0.25) is 0 Å². The number of aryl methyl sites for hydroxylation is 1. The Kier molecular flexibility index (Phi) is 11.0. The number of hydrogen-bond acceptors (Lipinski definition) is 0. The minimum absolute atomic E-state index is 0.410. The minimum Gasteiger partial charge on any atom is -0.0762 e. The molecule has 0 amide bonds. The summed E-state index contributed by atoms with van der Waals surface area (Å²) < 4.78 is 0. The van der Waals surface area contributed by atoms with E-state index in [4.69, 9.17) is 0 Å². The predicted octanol–water partition coefficient (Wildman–Crippen LogP) is 10.3. The van der Waals surface area contributed by atoms with Crippen LogP contribution in [0.5, 0.6) is 0 Å². The Morgan fingerprint density at radius 1 is 0.710 bits per heavy atom. The number of allylic oxidation sites excluding steroid dienone is 6. The van der Waals surface area contributed by atoms with Crippen molar-refractivity contribution >= 4 is 27.1 Å². The molecule has 0 nitrogen and oxygen atoms in total. The summed E-state index contributed by atoms with van der Waals surface area (Å²) in [4.78, 5) is 0. The van der Waals surface area contributed by atoms with Crippen molar-refractivity contribution in [3.8, 4) is 0 Å². The molecule has 0 aromatic heterocycles. The fourth-order valence-electron chi connectivity index (χ4n) is 3.98. The van der Waals surface area contributed by atoms with Crippen molar-refractivity contribution in [2.24, 2.45) is 5.92 Å². The van der Waals surface area contributed by atoms with Crippen molar-refractivity contribution in [1.29, 1.82) is 0 Å². The third-order valence-corrected chi connectivity index (χ3v) is 5.03. The van der Waals surface area contributed by atoms with Crippen molar-refractivity contribution in [3.05, 3.63) is 89.0 Å². The topological polar surface area (TPSA) is 0 Å². The molecule has 1 unspecified atom stereocenters. The van der Waals surface area contributed by atoms with Gasteiger partial charge in [0.1, 0.15) is 0 Å². The van der Waals surface area contributed by atoms with Crippen LogP contribution in [0.3, 0.4) is 0 Å². The maximum absolute atomic E-state index is 2.37. The van der Waals surface area contributed by atoms with Gasteiger partial charge in [-0.2, -0.15) is 0 Å². The maximum Gasteiger partial charge on any atom is -0.00702 e. The quantitative estimate of drug-likeness (QED) is 0.294. The molecule has 0 spiro atoms. The maximum atomic E-state index is 2.37. The first kappa shape index (κ1) is 26.4. The van der Waals surface area contributed by atoms with E-state index in [0.29, 0.717) is 5.92 Å². The van der Waals surface area contributed by atoms with Crippen molar-refractivity contribution in [2.75, 3.05) is 0 Å². The molecule has 0 N–H and O–H groups in total. The van der Waals surface area contributed by atoms with Gasteiger partial charge in [-0.3, -0.25) is 0 Å². The standard InChI is InChI=1S/C27H30.2C2H6/c1-18(2)11-19(3)12-20(4)13-21(5)27-17-26-16-24-10-8-7-9-23(24)15-25(26)14-22(27)6;2*1-2/h7-17,20H,1-6H3;2*1-2H3/b19-12+,21-13+;;. The van der Waals surface area contributed by atoms with E-state index < -0.39 is 0 Å². The summed E-state index contributed by atoms with van der Waals surface area (Å²) in [5.41, 5.74) is 6.69. The lowest BCUT2D eigenvalue weighted by atomic mass is 9.93. The number of rotatable bonds is 4. The smallest absolute Gasteiger partial charge is 0.00702 e. The fraction of sp³-hybridized carbons (Fsp3) is 0.355. The molecule has 3 rings (SSSR count). The van der Waals surface area contributed by atoms with Gasteiger partial charge in [0.25, 0.3) is 0 Å². The SMILES string of the molecule is CC.CC.CC(C)=C/C(C)=C/C(C)/C=C(\C)c1cc2cc3ccccc3cc2cc1C. The van der Waals surface area contributed by atoms with Crippen LogP contribution < -0.4 is 0 Å². The Morgan fingerprint density at radius 3 is 1.74 bits per heavy atom. The van der Waals surface area contributed by atoms with Gasteiger partial charge >= 0.3 is 0 Å². The third kappa shape index (κ3) is 7.55. The molecule has 0 aliphatic heterocycles. The second-order valence-corrected chi connectivity index (χ2v) is 8.05. The highest BCUT2D eigenvalue weighted by Crippen LogP contribution is 2.29. The average molecular weight is 415 g/mol. The van der Waals surface area contributed by atoms with Crippen molar-refractivity contribution in [1.82, 2.24) is 0 Å². The molecule has 0 radical (unpaired) electrons. The number of benzene rings is 3. The molecule has 0 fully saturated rings. The summed E-state index contributed by atoms with van der Waals surface area (Å²) in [6, 6.07) is 17.9. The second-order valence-electron chi connectivity index (χ2n) is 8.05. The van der Waals surface area contributed by atoms with Gasteiger partial charge in [0, 0.05) is 0 Å². The molecule has 31 heavy (non-hydrogen) atoms. The van der Waals surface area contributed by atoms with E-state index >= 15 is 0 Å². The second kappa shape index (κ2) is 13.0. The van der Waals surface area contributed by atoms with Crippen LogP contribution in [0, 0.1) is 12.8 Å². The normalized spacial score (nSPS) is 12.5. The summed E-state index contributed by atoms with van der Waals surface area (Å²) in [6.07, 6.45) is 6.95. The van der Waals surface area contributed by atoms with Crippen LogP contribution in [0.1, 0.15) is 73.4 Å². The average Bonchev–Trinajstić information content (AvgIpc) is 2.73.